The number of rotatable bonds is 8. The van der Waals surface area contributed by atoms with Gasteiger partial charge in [-0.2, -0.15) is 0 Å². The second-order valence-electron chi connectivity index (χ2n) is 9.39. The van der Waals surface area contributed by atoms with Crippen molar-refractivity contribution in [2.45, 2.75) is 39.7 Å². The first-order valence-corrected chi connectivity index (χ1v) is 11.1. The number of carbonyl (C=O) groups excluding carboxylic acids is 3. The van der Waals surface area contributed by atoms with Gasteiger partial charge in [0, 0.05) is 32.1 Å². The second-order valence-corrected chi connectivity index (χ2v) is 9.80. The maximum absolute atomic E-state index is 12.8. The predicted molar refractivity (Wildman–Crippen MR) is 123 cm³/mol. The summed E-state index contributed by atoms with van der Waals surface area (Å²) >= 11 is 6.06. The lowest BCUT2D eigenvalue weighted by atomic mass is 9.91. The number of amides is 3. The molecule has 0 radical (unpaired) electrons. The number of hydrogen-bond acceptors (Lipinski definition) is 4. The minimum atomic E-state index is -0.666. The van der Waals surface area contributed by atoms with E-state index in [1.807, 2.05) is 14.1 Å². The Kier molecular flexibility index (Phi) is 8.89. The third-order valence-electron chi connectivity index (χ3n) is 5.50. The molecule has 1 fully saturated rings. The number of nitrogens with zero attached hydrogens (tertiary/aromatic N) is 2. The van der Waals surface area contributed by atoms with Crippen LogP contribution in [0.15, 0.2) is 24.3 Å². The van der Waals surface area contributed by atoms with Crippen molar-refractivity contribution in [1.82, 2.24) is 20.4 Å². The van der Waals surface area contributed by atoms with Gasteiger partial charge in [0.25, 0.3) is 5.91 Å². The maximum atomic E-state index is 12.8. The van der Waals surface area contributed by atoms with Gasteiger partial charge in [-0.3, -0.25) is 14.4 Å². The molecule has 1 atom stereocenters. The Morgan fingerprint density at radius 2 is 1.81 bits per heavy atom. The van der Waals surface area contributed by atoms with E-state index in [0.29, 0.717) is 43.1 Å². The van der Waals surface area contributed by atoms with Gasteiger partial charge in [0.1, 0.15) is 6.04 Å². The lowest BCUT2D eigenvalue weighted by Gasteiger charge is -2.34. The van der Waals surface area contributed by atoms with Crippen molar-refractivity contribution in [2.24, 2.45) is 11.3 Å². The molecule has 7 nitrogen and oxygen atoms in total. The van der Waals surface area contributed by atoms with Gasteiger partial charge in [-0.25, -0.2) is 0 Å². The highest BCUT2D eigenvalue weighted by Crippen LogP contribution is 2.20. The highest BCUT2D eigenvalue weighted by atomic mass is 35.5. The fraction of sp³-hybridized carbons (Fsp3) is 0.609. The van der Waals surface area contributed by atoms with E-state index in [0.717, 1.165) is 6.54 Å². The van der Waals surface area contributed by atoms with Crippen LogP contribution in [0.1, 0.15) is 44.0 Å². The highest BCUT2D eigenvalue weighted by molar-refractivity contribution is 6.33. The van der Waals surface area contributed by atoms with Crippen molar-refractivity contribution in [2.75, 3.05) is 40.3 Å². The third-order valence-corrected chi connectivity index (χ3v) is 5.83. The molecule has 0 aromatic heterocycles. The molecule has 0 spiro atoms. The lowest BCUT2D eigenvalue weighted by molar-refractivity contribution is -0.137. The molecule has 8 heteroatoms. The van der Waals surface area contributed by atoms with Crippen LogP contribution in [0, 0.1) is 11.3 Å². The van der Waals surface area contributed by atoms with Crippen molar-refractivity contribution in [3.8, 4) is 0 Å². The van der Waals surface area contributed by atoms with Gasteiger partial charge >= 0.3 is 0 Å². The summed E-state index contributed by atoms with van der Waals surface area (Å²) in [5.74, 6) is -0.557. The van der Waals surface area contributed by atoms with E-state index in [9.17, 15) is 14.4 Å². The Hall–Kier alpha value is -2.12. The van der Waals surface area contributed by atoms with Crippen LogP contribution < -0.4 is 10.6 Å². The van der Waals surface area contributed by atoms with Gasteiger partial charge < -0.3 is 20.4 Å². The van der Waals surface area contributed by atoms with Crippen LogP contribution in [0.25, 0.3) is 0 Å². The molecule has 0 bridgehead atoms. The maximum Gasteiger partial charge on any atom is 0.253 e. The number of nitrogens with one attached hydrogen (secondary N) is 2. The van der Waals surface area contributed by atoms with Crippen molar-refractivity contribution >= 4 is 29.3 Å². The molecule has 1 unspecified atom stereocenters. The van der Waals surface area contributed by atoms with Gasteiger partial charge in [-0.05, 0) is 51.4 Å². The summed E-state index contributed by atoms with van der Waals surface area (Å²) in [4.78, 5) is 41.6. The minimum absolute atomic E-state index is 0.00881. The van der Waals surface area contributed by atoms with Crippen LogP contribution in [-0.2, 0) is 9.59 Å². The zero-order chi connectivity index (χ0) is 23.2. The Labute approximate surface area is 190 Å². The number of piperidine rings is 1. The van der Waals surface area contributed by atoms with Gasteiger partial charge in [0.15, 0.2) is 0 Å². The summed E-state index contributed by atoms with van der Waals surface area (Å²) in [6.07, 6.45) is 1.24. The Balaban J connectivity index is 1.80. The summed E-state index contributed by atoms with van der Waals surface area (Å²) in [5, 5.41) is 6.15. The molecule has 0 aliphatic carbocycles. The second kappa shape index (κ2) is 11.0. The fourth-order valence-corrected chi connectivity index (χ4v) is 4.22. The Morgan fingerprint density at radius 3 is 2.39 bits per heavy atom. The fourth-order valence-electron chi connectivity index (χ4n) is 4.00. The Morgan fingerprint density at radius 1 is 1.19 bits per heavy atom. The normalized spacial score (nSPS) is 16.2. The smallest absolute Gasteiger partial charge is 0.253 e. The lowest BCUT2D eigenvalue weighted by Crippen LogP contribution is -2.51. The van der Waals surface area contributed by atoms with Crippen LogP contribution in [0.5, 0.6) is 0 Å². The summed E-state index contributed by atoms with van der Waals surface area (Å²) in [5.41, 5.74) is 0.335. The van der Waals surface area contributed by atoms with Crippen molar-refractivity contribution in [1.29, 1.82) is 0 Å². The molecular weight excluding hydrogens is 416 g/mol. The first-order chi connectivity index (χ1) is 14.5. The number of halogens is 1. The largest absolute Gasteiger partial charge is 0.355 e. The summed E-state index contributed by atoms with van der Waals surface area (Å²) in [6.45, 7) is 8.45. The molecule has 0 saturated carbocycles. The van der Waals surface area contributed by atoms with Crippen LogP contribution >= 0.6 is 11.6 Å². The molecule has 1 heterocycles. The van der Waals surface area contributed by atoms with Gasteiger partial charge in [0.05, 0.1) is 10.6 Å². The van der Waals surface area contributed by atoms with Gasteiger partial charge in [-0.15, -0.1) is 0 Å². The van der Waals surface area contributed by atoms with Gasteiger partial charge in [-0.1, -0.05) is 37.6 Å². The molecule has 2 N–H and O–H groups in total. The zero-order valence-corrected chi connectivity index (χ0v) is 20.0. The molecule has 172 valence electrons. The van der Waals surface area contributed by atoms with Crippen molar-refractivity contribution in [3.05, 3.63) is 34.9 Å². The standard InChI is InChI=1S/C23H35ClN4O3/c1-16(26-21(30)18-8-6-7-9-19(18)24)22(31)28-12-10-17(11-13-28)20(29)25-14-23(2,3)15-27(4)5/h6-9,16-17H,10-15H2,1-5H3,(H,25,29)(H,26,30). The number of likely N-dealkylation sites (tertiary alicyclic amines) is 1. The molecule has 31 heavy (non-hydrogen) atoms. The molecule has 1 saturated heterocycles. The monoisotopic (exact) mass is 450 g/mol. The molecule has 1 aliphatic heterocycles. The van der Waals surface area contributed by atoms with E-state index in [4.69, 9.17) is 11.6 Å². The topological polar surface area (TPSA) is 81.8 Å². The summed E-state index contributed by atoms with van der Waals surface area (Å²) < 4.78 is 0. The van der Waals surface area contributed by atoms with E-state index in [2.05, 4.69) is 29.4 Å². The van der Waals surface area contributed by atoms with Crippen LogP contribution in [-0.4, -0.2) is 73.8 Å². The molecular formula is C23H35ClN4O3. The van der Waals surface area contributed by atoms with E-state index in [1.165, 1.54) is 0 Å². The molecule has 1 aromatic carbocycles. The number of hydrogen-bond donors (Lipinski definition) is 2. The molecule has 1 aromatic rings. The number of benzene rings is 1. The first-order valence-electron chi connectivity index (χ1n) is 10.8. The third kappa shape index (κ3) is 7.51. The van der Waals surface area contributed by atoms with Crippen molar-refractivity contribution in [3.63, 3.8) is 0 Å². The summed E-state index contributed by atoms with van der Waals surface area (Å²) in [7, 11) is 4.04. The predicted octanol–water partition coefficient (Wildman–Crippen LogP) is 2.40. The number of carbonyl (C=O) groups is 3. The van der Waals surface area contributed by atoms with Crippen LogP contribution in [0.2, 0.25) is 5.02 Å². The van der Waals surface area contributed by atoms with Gasteiger partial charge in [0.2, 0.25) is 11.8 Å². The molecule has 1 aliphatic rings. The van der Waals surface area contributed by atoms with E-state index >= 15 is 0 Å². The zero-order valence-electron chi connectivity index (χ0n) is 19.2. The molecule has 2 rings (SSSR count). The van der Waals surface area contributed by atoms with E-state index in [1.54, 1.807) is 36.1 Å². The molecule has 3 amide bonds. The Bertz CT molecular complexity index is 789. The minimum Gasteiger partial charge on any atom is -0.355 e. The van der Waals surface area contributed by atoms with E-state index < -0.39 is 6.04 Å². The van der Waals surface area contributed by atoms with Crippen LogP contribution in [0.4, 0.5) is 0 Å². The van der Waals surface area contributed by atoms with E-state index in [-0.39, 0.29) is 29.1 Å². The van der Waals surface area contributed by atoms with Crippen LogP contribution in [0.3, 0.4) is 0 Å². The first kappa shape index (κ1) is 25.1. The summed E-state index contributed by atoms with van der Waals surface area (Å²) in [6, 6.07) is 6.07. The van der Waals surface area contributed by atoms with Crippen molar-refractivity contribution < 1.29 is 14.4 Å². The average Bonchev–Trinajstić information content (AvgIpc) is 2.71. The quantitative estimate of drug-likeness (QED) is 0.637. The SMILES string of the molecule is CC(NC(=O)c1ccccc1Cl)C(=O)N1CCC(C(=O)NCC(C)(C)CN(C)C)CC1. The average molecular weight is 451 g/mol. The highest BCUT2D eigenvalue weighted by Gasteiger charge is 2.31.